The molecule has 0 saturated heterocycles. The first-order valence-electron chi connectivity index (χ1n) is 4.02. The van der Waals surface area contributed by atoms with Crippen LogP contribution in [0.5, 0.6) is 0 Å². The molecule has 0 aliphatic heterocycles. The fraction of sp³-hybridized carbons (Fsp3) is 0.111. The summed E-state index contributed by atoms with van der Waals surface area (Å²) in [7, 11) is 0. The summed E-state index contributed by atoms with van der Waals surface area (Å²) in [4.78, 5) is 3.64. The van der Waals surface area contributed by atoms with Crippen LogP contribution in [-0.4, -0.2) is 10.1 Å². The van der Waals surface area contributed by atoms with Crippen LogP contribution < -0.4 is 5.73 Å². The molecule has 2 aromatic rings. The van der Waals surface area contributed by atoms with Gasteiger partial charge < -0.3 is 10.3 Å². The van der Waals surface area contributed by atoms with E-state index in [0.29, 0.717) is 16.8 Å². The normalized spacial score (nSPS) is 10.4. The molecule has 0 aliphatic rings. The van der Waals surface area contributed by atoms with E-state index in [0.717, 1.165) is 6.20 Å². The van der Waals surface area contributed by atoms with Crippen LogP contribution in [0.3, 0.4) is 0 Å². The lowest BCUT2D eigenvalue weighted by molar-refractivity contribution is 0.438. The monoisotopic (exact) mass is 193 g/mol. The Morgan fingerprint density at radius 2 is 2.29 bits per heavy atom. The summed E-state index contributed by atoms with van der Waals surface area (Å²) in [5, 5.41) is 3.68. The second-order valence-electron chi connectivity index (χ2n) is 2.88. The fourth-order valence-electron chi connectivity index (χ4n) is 1.17. The first-order valence-corrected chi connectivity index (χ1v) is 4.02. The Morgan fingerprint density at radius 3 is 2.86 bits per heavy atom. The zero-order chi connectivity index (χ0) is 10.1. The van der Waals surface area contributed by atoms with E-state index in [1.165, 1.54) is 12.3 Å². The van der Waals surface area contributed by atoms with Gasteiger partial charge in [-0.25, -0.2) is 4.39 Å². The molecule has 5 heteroatoms. The molecule has 4 nitrogen and oxygen atoms in total. The maximum atomic E-state index is 13.3. The molecular formula is C9H8FN3O. The molecule has 0 amide bonds. The highest BCUT2D eigenvalue weighted by Gasteiger charge is 2.14. The summed E-state index contributed by atoms with van der Waals surface area (Å²) in [6, 6.07) is 1.53. The molecule has 0 unspecified atom stereocenters. The average Bonchev–Trinajstić information content (AvgIpc) is 2.49. The number of nitrogens with zero attached hydrogens (tertiary/aromatic N) is 2. The topological polar surface area (TPSA) is 64.9 Å². The van der Waals surface area contributed by atoms with E-state index >= 15 is 0 Å². The van der Waals surface area contributed by atoms with Crippen LogP contribution in [0.15, 0.2) is 23.0 Å². The van der Waals surface area contributed by atoms with Crippen molar-refractivity contribution in [2.24, 2.45) is 0 Å². The summed E-state index contributed by atoms with van der Waals surface area (Å²) >= 11 is 0. The molecule has 0 spiro atoms. The summed E-state index contributed by atoms with van der Waals surface area (Å²) in [5.41, 5.74) is 6.86. The van der Waals surface area contributed by atoms with Gasteiger partial charge >= 0.3 is 0 Å². The molecule has 0 bridgehead atoms. The Kier molecular flexibility index (Phi) is 1.92. The van der Waals surface area contributed by atoms with Crippen molar-refractivity contribution in [2.45, 2.75) is 6.92 Å². The molecule has 2 aromatic heterocycles. The van der Waals surface area contributed by atoms with Crippen molar-refractivity contribution < 1.29 is 8.91 Å². The molecule has 2 heterocycles. The van der Waals surface area contributed by atoms with Crippen LogP contribution in [-0.2, 0) is 0 Å². The third-order valence-electron chi connectivity index (χ3n) is 1.99. The third kappa shape index (κ3) is 1.22. The van der Waals surface area contributed by atoms with Crippen LogP contribution in [0.2, 0.25) is 0 Å². The van der Waals surface area contributed by atoms with Gasteiger partial charge in [-0.2, -0.15) is 0 Å². The molecule has 2 rings (SSSR count). The highest BCUT2D eigenvalue weighted by Crippen LogP contribution is 2.27. The molecule has 2 N–H and O–H groups in total. The van der Waals surface area contributed by atoms with Crippen molar-refractivity contribution in [3.05, 3.63) is 29.8 Å². The highest BCUT2D eigenvalue weighted by molar-refractivity contribution is 5.66. The van der Waals surface area contributed by atoms with Crippen LogP contribution >= 0.6 is 0 Å². The average molecular weight is 193 g/mol. The standard InChI is InChI=1S/C9H8FN3O/c1-5-8(13-14-9(5)11)6-2-3-12-4-7(6)10/h2-4H,11H2,1H3. The van der Waals surface area contributed by atoms with Gasteiger partial charge in [0.1, 0.15) is 5.69 Å². The van der Waals surface area contributed by atoms with Crippen LogP contribution in [0.1, 0.15) is 5.56 Å². The number of hydrogen-bond acceptors (Lipinski definition) is 4. The SMILES string of the molecule is Cc1c(-c2ccncc2F)noc1N. The van der Waals surface area contributed by atoms with Gasteiger partial charge in [-0.3, -0.25) is 4.98 Å². The van der Waals surface area contributed by atoms with Gasteiger partial charge in [0.05, 0.1) is 6.20 Å². The largest absolute Gasteiger partial charge is 0.367 e. The van der Waals surface area contributed by atoms with E-state index in [1.807, 2.05) is 0 Å². The van der Waals surface area contributed by atoms with Crippen molar-refractivity contribution in [3.63, 3.8) is 0 Å². The molecule has 72 valence electrons. The third-order valence-corrected chi connectivity index (χ3v) is 1.99. The lowest BCUT2D eigenvalue weighted by Crippen LogP contribution is -1.88. The first-order chi connectivity index (χ1) is 6.70. The minimum Gasteiger partial charge on any atom is -0.367 e. The van der Waals surface area contributed by atoms with Crippen molar-refractivity contribution in [1.29, 1.82) is 0 Å². The number of rotatable bonds is 1. The molecule has 14 heavy (non-hydrogen) atoms. The zero-order valence-electron chi connectivity index (χ0n) is 7.49. The molecule has 0 fully saturated rings. The van der Waals surface area contributed by atoms with E-state index in [1.54, 1.807) is 6.92 Å². The van der Waals surface area contributed by atoms with Gasteiger partial charge in [0, 0.05) is 17.3 Å². The smallest absolute Gasteiger partial charge is 0.225 e. The summed E-state index contributed by atoms with van der Waals surface area (Å²) in [6.07, 6.45) is 2.61. The predicted octanol–water partition coefficient (Wildman–Crippen LogP) is 1.77. The minimum atomic E-state index is -0.441. The van der Waals surface area contributed by atoms with Crippen molar-refractivity contribution in [3.8, 4) is 11.3 Å². The van der Waals surface area contributed by atoms with Crippen LogP contribution in [0, 0.1) is 12.7 Å². The number of anilines is 1. The van der Waals surface area contributed by atoms with Gasteiger partial charge in [-0.15, -0.1) is 0 Å². The maximum Gasteiger partial charge on any atom is 0.225 e. The lowest BCUT2D eigenvalue weighted by Gasteiger charge is -1.97. The molecule has 0 saturated carbocycles. The Bertz CT molecular complexity index is 467. The van der Waals surface area contributed by atoms with E-state index in [2.05, 4.69) is 10.1 Å². The Labute approximate surface area is 79.5 Å². The summed E-state index contributed by atoms with van der Waals surface area (Å²) < 4.78 is 18.0. The van der Waals surface area contributed by atoms with Crippen molar-refractivity contribution in [2.75, 3.05) is 5.73 Å². The second-order valence-corrected chi connectivity index (χ2v) is 2.88. The molecule has 0 atom stereocenters. The van der Waals surface area contributed by atoms with E-state index in [4.69, 9.17) is 10.3 Å². The first kappa shape index (κ1) is 8.68. The Hall–Kier alpha value is -1.91. The van der Waals surface area contributed by atoms with Gasteiger partial charge in [0.25, 0.3) is 0 Å². The maximum absolute atomic E-state index is 13.3. The molecule has 0 radical (unpaired) electrons. The highest BCUT2D eigenvalue weighted by atomic mass is 19.1. The van der Waals surface area contributed by atoms with Gasteiger partial charge in [0.15, 0.2) is 5.82 Å². The Morgan fingerprint density at radius 1 is 1.50 bits per heavy atom. The number of nitrogen functional groups attached to an aromatic ring is 1. The number of halogens is 1. The number of pyridine rings is 1. The predicted molar refractivity (Wildman–Crippen MR) is 48.8 cm³/mol. The second kappa shape index (κ2) is 3.10. The van der Waals surface area contributed by atoms with Crippen molar-refractivity contribution >= 4 is 5.88 Å². The van der Waals surface area contributed by atoms with E-state index < -0.39 is 5.82 Å². The molecule has 0 aliphatic carbocycles. The lowest BCUT2D eigenvalue weighted by atomic mass is 10.1. The summed E-state index contributed by atoms with van der Waals surface area (Å²) in [5.74, 6) is -0.236. The van der Waals surface area contributed by atoms with E-state index in [-0.39, 0.29) is 5.88 Å². The fourth-order valence-corrected chi connectivity index (χ4v) is 1.17. The van der Waals surface area contributed by atoms with Gasteiger partial charge in [0.2, 0.25) is 5.88 Å². The van der Waals surface area contributed by atoms with E-state index in [9.17, 15) is 4.39 Å². The minimum absolute atomic E-state index is 0.205. The van der Waals surface area contributed by atoms with Crippen LogP contribution in [0.25, 0.3) is 11.3 Å². The number of nitrogens with two attached hydrogens (primary N) is 1. The zero-order valence-corrected chi connectivity index (χ0v) is 7.49. The number of aromatic nitrogens is 2. The van der Waals surface area contributed by atoms with Crippen LogP contribution in [0.4, 0.5) is 10.3 Å². The quantitative estimate of drug-likeness (QED) is 0.749. The van der Waals surface area contributed by atoms with Crippen molar-refractivity contribution in [1.82, 2.24) is 10.1 Å². The van der Waals surface area contributed by atoms with Gasteiger partial charge in [-0.1, -0.05) is 5.16 Å². The summed E-state index contributed by atoms with van der Waals surface area (Å²) in [6.45, 7) is 1.72. The Balaban J connectivity index is 2.60. The molecular weight excluding hydrogens is 185 g/mol. The number of hydrogen-bond donors (Lipinski definition) is 1. The molecule has 0 aromatic carbocycles. The van der Waals surface area contributed by atoms with Gasteiger partial charge in [-0.05, 0) is 13.0 Å².